The van der Waals surface area contributed by atoms with Crippen LogP contribution < -0.4 is 9.64 Å². The summed E-state index contributed by atoms with van der Waals surface area (Å²) in [6, 6.07) is 30.7. The van der Waals surface area contributed by atoms with E-state index in [-0.39, 0.29) is 24.2 Å². The summed E-state index contributed by atoms with van der Waals surface area (Å²) in [6.45, 7) is 13.6. The number of anilines is 1. The third-order valence-corrected chi connectivity index (χ3v) is 10.2. The molecule has 2 atom stereocenters. The zero-order valence-electron chi connectivity index (χ0n) is 34.9. The second-order valence-electron chi connectivity index (χ2n) is 14.6. The molecular formula is C46H57N5O7. The Bertz CT molecular complexity index is 1960. The summed E-state index contributed by atoms with van der Waals surface area (Å²) in [6.07, 6.45) is 5.12. The van der Waals surface area contributed by atoms with Crippen LogP contribution in [0.25, 0.3) is 11.1 Å². The van der Waals surface area contributed by atoms with E-state index in [0.29, 0.717) is 36.7 Å². The average molecular weight is 792 g/mol. The normalized spacial score (nSPS) is 12.9. The number of nitriles is 1. The van der Waals surface area contributed by atoms with E-state index < -0.39 is 15.8 Å². The smallest absolute Gasteiger partial charge is 0.311 e. The number of esters is 2. The molecule has 0 bridgehead atoms. The van der Waals surface area contributed by atoms with Crippen LogP contribution in [0, 0.1) is 32.3 Å². The lowest BCUT2D eigenvalue weighted by atomic mass is 9.83. The maximum absolute atomic E-state index is 12.4. The molecule has 0 saturated carbocycles. The minimum absolute atomic E-state index is 0.0155. The number of nitrogens with zero attached hydrogens (tertiary/aromatic N) is 5. The highest BCUT2D eigenvalue weighted by Crippen LogP contribution is 2.30. The van der Waals surface area contributed by atoms with Crippen molar-refractivity contribution in [3.63, 3.8) is 0 Å². The summed E-state index contributed by atoms with van der Waals surface area (Å²) in [5, 5.41) is 27.8. The Morgan fingerprint density at radius 3 is 1.62 bits per heavy atom. The molecule has 4 aromatic rings. The van der Waals surface area contributed by atoms with E-state index in [1.54, 1.807) is 24.3 Å². The molecule has 0 N–H and O–H groups in total. The first-order valence-electron chi connectivity index (χ1n) is 19.9. The number of carbonyl (C=O) groups is 2. The summed E-state index contributed by atoms with van der Waals surface area (Å²) >= 11 is 0. The van der Waals surface area contributed by atoms with Gasteiger partial charge in [-0.15, -0.1) is 0 Å². The maximum atomic E-state index is 12.4. The number of likely N-dealkylation sites (N-methyl/N-ethyl adjacent to an activating group) is 1. The van der Waals surface area contributed by atoms with Crippen molar-refractivity contribution in [2.24, 2.45) is 21.1 Å². The Balaban J connectivity index is 0.000000313. The molecule has 0 fully saturated rings. The predicted molar refractivity (Wildman–Crippen MR) is 228 cm³/mol. The van der Waals surface area contributed by atoms with Crippen molar-refractivity contribution >= 4 is 34.7 Å². The van der Waals surface area contributed by atoms with Gasteiger partial charge in [-0.05, 0) is 111 Å². The Hall–Kier alpha value is -6.09. The van der Waals surface area contributed by atoms with Gasteiger partial charge in [0.1, 0.15) is 25.6 Å². The maximum Gasteiger partial charge on any atom is 0.311 e. The van der Waals surface area contributed by atoms with Crippen molar-refractivity contribution in [3.05, 3.63) is 113 Å². The van der Waals surface area contributed by atoms with Crippen LogP contribution in [-0.2, 0) is 19.1 Å². The van der Waals surface area contributed by atoms with Gasteiger partial charge in [0, 0.05) is 24.9 Å². The van der Waals surface area contributed by atoms with Crippen molar-refractivity contribution < 1.29 is 28.7 Å². The topological polar surface area (TPSA) is 157 Å². The van der Waals surface area contributed by atoms with Crippen molar-refractivity contribution in [3.8, 4) is 22.9 Å². The largest absolute Gasteiger partial charge is 0.490 e. The Morgan fingerprint density at radius 2 is 1.17 bits per heavy atom. The number of azo groups is 1. The number of hydrogen-bond acceptors (Lipinski definition) is 11. The van der Waals surface area contributed by atoms with Gasteiger partial charge in [0.05, 0.1) is 45.3 Å². The predicted octanol–water partition coefficient (Wildman–Crippen LogP) is 11.6. The minimum atomic E-state index is -0.454. The molecule has 2 unspecified atom stereocenters. The van der Waals surface area contributed by atoms with Gasteiger partial charge in [0.2, 0.25) is 0 Å². The zero-order valence-corrected chi connectivity index (χ0v) is 34.9. The molecule has 0 aliphatic heterocycles. The van der Waals surface area contributed by atoms with E-state index in [2.05, 4.69) is 30.1 Å². The number of hydrogen-bond donors (Lipinski definition) is 0. The van der Waals surface area contributed by atoms with Crippen molar-refractivity contribution in [2.75, 3.05) is 38.3 Å². The quantitative estimate of drug-likeness (QED) is 0.0279. The van der Waals surface area contributed by atoms with Gasteiger partial charge in [0.25, 0.3) is 5.69 Å². The van der Waals surface area contributed by atoms with Crippen molar-refractivity contribution in [1.29, 1.82) is 5.26 Å². The number of ether oxygens (including phenoxy) is 3. The van der Waals surface area contributed by atoms with Gasteiger partial charge in [-0.3, -0.25) is 19.7 Å². The van der Waals surface area contributed by atoms with Crippen LogP contribution >= 0.6 is 0 Å². The molecule has 0 aromatic heterocycles. The van der Waals surface area contributed by atoms with E-state index in [9.17, 15) is 19.7 Å². The molecule has 12 nitrogen and oxygen atoms in total. The third-order valence-electron chi connectivity index (χ3n) is 10.2. The van der Waals surface area contributed by atoms with Crippen molar-refractivity contribution in [1.82, 2.24) is 0 Å². The van der Waals surface area contributed by atoms with Crippen molar-refractivity contribution in [2.45, 2.75) is 80.1 Å². The van der Waals surface area contributed by atoms with Crippen LogP contribution in [0.2, 0.25) is 0 Å². The molecular weight excluding hydrogens is 735 g/mol. The average Bonchev–Trinajstić information content (AvgIpc) is 3.25. The van der Waals surface area contributed by atoms with E-state index in [4.69, 9.17) is 19.5 Å². The number of nitro groups is 1. The van der Waals surface area contributed by atoms with Crippen LogP contribution in [0.1, 0.15) is 85.6 Å². The second-order valence-corrected chi connectivity index (χ2v) is 14.6. The Kier molecular flexibility index (Phi) is 18.5. The first-order valence-corrected chi connectivity index (χ1v) is 19.9. The van der Waals surface area contributed by atoms with E-state index in [1.165, 1.54) is 12.1 Å². The van der Waals surface area contributed by atoms with Gasteiger partial charge in [0.15, 0.2) is 0 Å². The number of non-ortho nitro benzene ring substituents is 1. The first kappa shape index (κ1) is 46.3. The molecule has 0 saturated heterocycles. The Labute approximate surface area is 343 Å². The molecule has 0 aliphatic carbocycles. The van der Waals surface area contributed by atoms with Gasteiger partial charge in [-0.25, -0.2) is 0 Å². The fourth-order valence-corrected chi connectivity index (χ4v) is 6.01. The number of rotatable bonds is 20. The summed E-state index contributed by atoms with van der Waals surface area (Å²) in [7, 11) is 1.94. The second kappa shape index (κ2) is 23.2. The summed E-state index contributed by atoms with van der Waals surface area (Å²) in [4.78, 5) is 36.9. The molecule has 308 valence electrons. The monoisotopic (exact) mass is 791 g/mol. The minimum Gasteiger partial charge on any atom is -0.490 e. The lowest BCUT2D eigenvalue weighted by molar-refractivity contribution is -0.384. The highest BCUT2D eigenvalue weighted by molar-refractivity contribution is 5.76. The van der Waals surface area contributed by atoms with Crippen LogP contribution in [-0.4, -0.2) is 50.3 Å². The van der Waals surface area contributed by atoms with Gasteiger partial charge in [-0.1, -0.05) is 64.8 Å². The Morgan fingerprint density at radius 1 is 0.707 bits per heavy atom. The SMILES string of the molecule is CCCC(C)(CC)C(=O)OCCN(C)c1ccc(N=Nc2ccc([N+](=O)[O-])cc2)cc1.CCCC(C)(CC)C(=O)OCCOc1ccc(-c2ccc(C#N)cc2)cc1. The third kappa shape index (κ3) is 14.1. The van der Waals surface area contributed by atoms with Crippen LogP contribution in [0.5, 0.6) is 5.75 Å². The molecule has 58 heavy (non-hydrogen) atoms. The van der Waals surface area contributed by atoms with E-state index in [1.807, 2.05) is 100 Å². The highest BCUT2D eigenvalue weighted by atomic mass is 16.6. The fraction of sp³-hybridized carbons (Fsp3) is 0.413. The van der Waals surface area contributed by atoms with Gasteiger partial charge < -0.3 is 19.1 Å². The summed E-state index contributed by atoms with van der Waals surface area (Å²) in [5.41, 5.74) is 4.11. The molecule has 0 aliphatic rings. The lowest BCUT2D eigenvalue weighted by Gasteiger charge is -2.26. The van der Waals surface area contributed by atoms with E-state index in [0.717, 1.165) is 61.1 Å². The zero-order chi connectivity index (χ0) is 42.6. The number of carbonyl (C=O) groups excluding carboxylic acids is 2. The highest BCUT2D eigenvalue weighted by Gasteiger charge is 2.32. The molecule has 12 heteroatoms. The molecule has 0 spiro atoms. The molecule has 4 aromatic carbocycles. The van der Waals surface area contributed by atoms with Gasteiger partial charge >= 0.3 is 11.9 Å². The molecule has 0 heterocycles. The van der Waals surface area contributed by atoms with Crippen LogP contribution in [0.15, 0.2) is 107 Å². The van der Waals surface area contributed by atoms with Crippen LogP contribution in [0.3, 0.4) is 0 Å². The molecule has 0 radical (unpaired) electrons. The van der Waals surface area contributed by atoms with Crippen LogP contribution in [0.4, 0.5) is 22.7 Å². The standard InChI is InChI=1S/C23H30N4O4.C23H27NO3/c1-5-15-23(3,6-2)22(28)31-17-16-26(4)20-11-7-18(8-12-20)24-25-19-9-13-21(14-10-19)27(29)30;1-4-14-23(3,5-2)22(25)27-16-15-26-21-12-10-20(11-13-21)19-8-6-18(17-24)7-9-19/h7-14H,5-6,15-17H2,1-4H3;6-13H,4-5,14-16H2,1-3H3. The molecule has 4 rings (SSSR count). The van der Waals surface area contributed by atoms with Gasteiger partial charge in [-0.2, -0.15) is 15.5 Å². The first-order chi connectivity index (χ1) is 27.8. The molecule has 0 amide bonds. The fourth-order valence-electron chi connectivity index (χ4n) is 6.01. The summed E-state index contributed by atoms with van der Waals surface area (Å²) < 4.78 is 16.6. The van der Waals surface area contributed by atoms with E-state index >= 15 is 0 Å². The summed E-state index contributed by atoms with van der Waals surface area (Å²) in [5.74, 6) is 0.453. The number of nitro benzene ring substituents is 1. The number of benzene rings is 4. The lowest BCUT2D eigenvalue weighted by Crippen LogP contribution is -2.32.